The van der Waals surface area contributed by atoms with E-state index in [0.29, 0.717) is 18.1 Å². The van der Waals surface area contributed by atoms with E-state index in [-0.39, 0.29) is 0 Å². The molecule has 0 aliphatic heterocycles. The van der Waals surface area contributed by atoms with Crippen LogP contribution in [-0.2, 0) is 6.42 Å². The molecule has 0 saturated carbocycles. The molecule has 3 heterocycles. The van der Waals surface area contributed by atoms with Gasteiger partial charge >= 0.3 is 0 Å². The maximum Gasteiger partial charge on any atom is 0.258 e. The van der Waals surface area contributed by atoms with Crippen molar-refractivity contribution in [1.82, 2.24) is 20.3 Å². The van der Waals surface area contributed by atoms with Crippen LogP contribution in [0.2, 0.25) is 0 Å². The molecule has 4 aromatic rings. The van der Waals surface area contributed by atoms with Crippen molar-refractivity contribution in [2.24, 2.45) is 0 Å². The number of aromatic nitrogens is 4. The summed E-state index contributed by atoms with van der Waals surface area (Å²) >= 11 is 5.12. The van der Waals surface area contributed by atoms with Crippen LogP contribution in [0.1, 0.15) is 10.7 Å². The predicted octanol–water partition coefficient (Wildman–Crippen LogP) is 4.03. The second-order valence-electron chi connectivity index (χ2n) is 4.56. The molecular weight excluding hydrogens is 352 g/mol. The molecule has 0 radical (unpaired) electrons. The normalized spacial score (nSPS) is 11.3. The molecule has 0 aliphatic rings. The standard InChI is InChI=1S/C14H9BrN4OS/c15-8-4-9(21-7-8)5-13-17-14(20-19-13)10-2-1-3-12-11(10)6-16-18-12/h1-4,6-7H,5H2,(H,16,18). The Morgan fingerprint density at radius 2 is 2.29 bits per heavy atom. The summed E-state index contributed by atoms with van der Waals surface area (Å²) in [5.41, 5.74) is 1.85. The Bertz CT molecular complexity index is 910. The monoisotopic (exact) mass is 360 g/mol. The van der Waals surface area contributed by atoms with Gasteiger partial charge in [-0.3, -0.25) is 5.10 Å². The van der Waals surface area contributed by atoms with Gasteiger partial charge in [0.2, 0.25) is 0 Å². The fourth-order valence-electron chi connectivity index (χ4n) is 2.19. The van der Waals surface area contributed by atoms with E-state index in [4.69, 9.17) is 4.52 Å². The van der Waals surface area contributed by atoms with Crippen LogP contribution in [0.15, 0.2) is 44.8 Å². The van der Waals surface area contributed by atoms with Crippen LogP contribution in [0, 0.1) is 0 Å². The zero-order valence-corrected chi connectivity index (χ0v) is 13.1. The molecule has 1 aromatic carbocycles. The van der Waals surface area contributed by atoms with Gasteiger partial charge in [0.1, 0.15) is 0 Å². The third kappa shape index (κ3) is 2.38. The van der Waals surface area contributed by atoms with Crippen molar-refractivity contribution in [1.29, 1.82) is 0 Å². The molecule has 0 fully saturated rings. The summed E-state index contributed by atoms with van der Waals surface area (Å²) in [6.45, 7) is 0. The van der Waals surface area contributed by atoms with E-state index in [1.54, 1.807) is 17.5 Å². The largest absolute Gasteiger partial charge is 0.334 e. The number of thiophene rings is 1. The molecule has 104 valence electrons. The number of fused-ring (bicyclic) bond motifs is 1. The van der Waals surface area contributed by atoms with Gasteiger partial charge in [-0.05, 0) is 34.1 Å². The number of nitrogens with zero attached hydrogens (tertiary/aromatic N) is 3. The molecule has 4 rings (SSSR count). The minimum absolute atomic E-state index is 0.521. The van der Waals surface area contributed by atoms with Crippen molar-refractivity contribution in [2.45, 2.75) is 6.42 Å². The number of aromatic amines is 1. The van der Waals surface area contributed by atoms with Crippen LogP contribution in [-0.4, -0.2) is 20.3 Å². The van der Waals surface area contributed by atoms with Crippen molar-refractivity contribution < 1.29 is 4.52 Å². The maximum atomic E-state index is 5.40. The highest BCUT2D eigenvalue weighted by molar-refractivity contribution is 9.10. The SMILES string of the molecule is Brc1csc(Cc2noc(-c3cccc4[nH]ncc34)n2)c1. The number of hydrogen-bond donors (Lipinski definition) is 1. The molecule has 0 spiro atoms. The average Bonchev–Trinajstić information content (AvgIpc) is 3.19. The first-order valence-electron chi connectivity index (χ1n) is 6.27. The highest BCUT2D eigenvalue weighted by Crippen LogP contribution is 2.27. The van der Waals surface area contributed by atoms with E-state index in [0.717, 1.165) is 20.9 Å². The fraction of sp³-hybridized carbons (Fsp3) is 0.0714. The number of H-pyrrole nitrogens is 1. The summed E-state index contributed by atoms with van der Waals surface area (Å²) in [6.07, 6.45) is 2.44. The zero-order valence-electron chi connectivity index (χ0n) is 10.7. The number of rotatable bonds is 3. The van der Waals surface area contributed by atoms with Crippen LogP contribution in [0.25, 0.3) is 22.4 Å². The van der Waals surface area contributed by atoms with Crippen LogP contribution in [0.3, 0.4) is 0 Å². The lowest BCUT2D eigenvalue weighted by Gasteiger charge is -1.95. The first-order chi connectivity index (χ1) is 10.3. The Hall–Kier alpha value is -1.99. The third-order valence-electron chi connectivity index (χ3n) is 3.14. The molecule has 0 unspecified atom stereocenters. The smallest absolute Gasteiger partial charge is 0.258 e. The molecule has 0 atom stereocenters. The van der Waals surface area contributed by atoms with Gasteiger partial charge < -0.3 is 4.52 Å². The van der Waals surface area contributed by atoms with Gasteiger partial charge in [-0.1, -0.05) is 11.2 Å². The summed E-state index contributed by atoms with van der Waals surface area (Å²) in [5, 5.41) is 14.1. The van der Waals surface area contributed by atoms with Gasteiger partial charge in [-0.25, -0.2) is 0 Å². The Morgan fingerprint density at radius 3 is 3.14 bits per heavy atom. The lowest BCUT2D eigenvalue weighted by Crippen LogP contribution is -1.87. The van der Waals surface area contributed by atoms with Crippen molar-refractivity contribution >= 4 is 38.2 Å². The lowest BCUT2D eigenvalue weighted by atomic mass is 10.1. The summed E-state index contributed by atoms with van der Waals surface area (Å²) in [5.74, 6) is 1.20. The van der Waals surface area contributed by atoms with Crippen LogP contribution >= 0.6 is 27.3 Å². The van der Waals surface area contributed by atoms with E-state index in [9.17, 15) is 0 Å². The fourth-order valence-corrected chi connectivity index (χ4v) is 3.64. The van der Waals surface area contributed by atoms with Gasteiger partial charge in [0.15, 0.2) is 5.82 Å². The summed E-state index contributed by atoms with van der Waals surface area (Å²) in [7, 11) is 0. The third-order valence-corrected chi connectivity index (χ3v) is 4.83. The molecule has 0 saturated heterocycles. The lowest BCUT2D eigenvalue weighted by molar-refractivity contribution is 0.424. The molecule has 0 aliphatic carbocycles. The van der Waals surface area contributed by atoms with Gasteiger partial charge in [-0.2, -0.15) is 10.1 Å². The van der Waals surface area contributed by atoms with E-state index in [2.05, 4.69) is 42.3 Å². The molecule has 21 heavy (non-hydrogen) atoms. The first kappa shape index (κ1) is 12.7. The number of hydrogen-bond acceptors (Lipinski definition) is 5. The molecule has 5 nitrogen and oxygen atoms in total. The van der Waals surface area contributed by atoms with Crippen molar-refractivity contribution in [3.8, 4) is 11.5 Å². The van der Waals surface area contributed by atoms with Crippen LogP contribution in [0.4, 0.5) is 0 Å². The maximum absolute atomic E-state index is 5.40. The minimum Gasteiger partial charge on any atom is -0.334 e. The number of nitrogens with one attached hydrogen (secondary N) is 1. The highest BCUT2D eigenvalue weighted by atomic mass is 79.9. The Morgan fingerprint density at radius 1 is 1.33 bits per heavy atom. The predicted molar refractivity (Wildman–Crippen MR) is 84.2 cm³/mol. The van der Waals surface area contributed by atoms with Crippen LogP contribution in [0.5, 0.6) is 0 Å². The van der Waals surface area contributed by atoms with E-state index < -0.39 is 0 Å². The molecular formula is C14H9BrN4OS. The minimum atomic E-state index is 0.521. The molecule has 1 N–H and O–H groups in total. The second-order valence-corrected chi connectivity index (χ2v) is 6.47. The number of halogens is 1. The van der Waals surface area contributed by atoms with E-state index in [1.165, 1.54) is 4.88 Å². The van der Waals surface area contributed by atoms with Gasteiger partial charge in [0.25, 0.3) is 5.89 Å². The van der Waals surface area contributed by atoms with Crippen molar-refractivity contribution in [3.05, 3.63) is 51.0 Å². The van der Waals surface area contributed by atoms with E-state index >= 15 is 0 Å². The molecule has 3 aromatic heterocycles. The van der Waals surface area contributed by atoms with Gasteiger partial charge in [0, 0.05) is 26.5 Å². The highest BCUT2D eigenvalue weighted by Gasteiger charge is 2.13. The average molecular weight is 361 g/mol. The first-order valence-corrected chi connectivity index (χ1v) is 7.95. The van der Waals surface area contributed by atoms with Crippen molar-refractivity contribution in [3.63, 3.8) is 0 Å². The molecule has 7 heteroatoms. The second kappa shape index (κ2) is 5.09. The van der Waals surface area contributed by atoms with Gasteiger partial charge in [0.05, 0.1) is 17.3 Å². The molecule has 0 amide bonds. The zero-order chi connectivity index (χ0) is 14.2. The van der Waals surface area contributed by atoms with Gasteiger partial charge in [-0.15, -0.1) is 11.3 Å². The van der Waals surface area contributed by atoms with Crippen molar-refractivity contribution in [2.75, 3.05) is 0 Å². The molecule has 0 bridgehead atoms. The summed E-state index contributed by atoms with van der Waals surface area (Å²) in [6, 6.07) is 7.93. The summed E-state index contributed by atoms with van der Waals surface area (Å²) in [4.78, 5) is 5.68. The topological polar surface area (TPSA) is 67.6 Å². The Kier molecular flexibility index (Phi) is 3.08. The number of benzene rings is 1. The quantitative estimate of drug-likeness (QED) is 0.598. The van der Waals surface area contributed by atoms with E-state index in [1.807, 2.05) is 23.6 Å². The Labute approximate surface area is 132 Å². The van der Waals surface area contributed by atoms with Crippen LogP contribution < -0.4 is 0 Å². The Balaban J connectivity index is 1.69. The summed E-state index contributed by atoms with van der Waals surface area (Å²) < 4.78 is 6.48.